The minimum Gasteiger partial charge on any atom is -0.493 e. The number of hydrogen-bond acceptors (Lipinski definition) is 8. The fraction of sp³-hybridized carbons (Fsp3) is 0.462. The Hall–Kier alpha value is -2.44. The SMILES string of the molecule is CCN(CC)CCN(C(=O)c1ccc(S(=O)(=O)N2CCCC2)cc1)c1nc2cc(OC)c(OC)cc2s1.Cl. The number of fused-ring (bicyclic) bond motifs is 1. The van der Waals surface area contributed by atoms with E-state index in [1.807, 2.05) is 6.07 Å². The maximum absolute atomic E-state index is 13.7. The van der Waals surface area contributed by atoms with Gasteiger partial charge in [-0.1, -0.05) is 25.2 Å². The highest BCUT2D eigenvalue weighted by Crippen LogP contribution is 2.37. The Kier molecular flexibility index (Phi) is 10.4. The summed E-state index contributed by atoms with van der Waals surface area (Å²) in [4.78, 5) is 22.6. The molecule has 12 heteroatoms. The summed E-state index contributed by atoms with van der Waals surface area (Å²) in [5, 5.41) is 0.566. The summed E-state index contributed by atoms with van der Waals surface area (Å²) in [5.41, 5.74) is 1.12. The first-order valence-electron chi connectivity index (χ1n) is 12.5. The number of rotatable bonds is 11. The van der Waals surface area contributed by atoms with Gasteiger partial charge < -0.3 is 14.4 Å². The summed E-state index contributed by atoms with van der Waals surface area (Å²) < 4.78 is 39.1. The predicted molar refractivity (Wildman–Crippen MR) is 154 cm³/mol. The number of halogens is 1. The van der Waals surface area contributed by atoms with Gasteiger partial charge in [-0.25, -0.2) is 13.4 Å². The summed E-state index contributed by atoms with van der Waals surface area (Å²) in [7, 11) is -0.388. The highest BCUT2D eigenvalue weighted by atomic mass is 35.5. The van der Waals surface area contributed by atoms with Gasteiger partial charge >= 0.3 is 0 Å². The zero-order valence-corrected chi connectivity index (χ0v) is 24.6. The number of benzene rings is 2. The fourth-order valence-electron chi connectivity index (χ4n) is 4.43. The number of nitrogens with zero attached hydrogens (tertiary/aromatic N) is 4. The number of thiazole rings is 1. The van der Waals surface area contributed by atoms with Crippen LogP contribution < -0.4 is 14.4 Å². The van der Waals surface area contributed by atoms with Gasteiger partial charge in [0.15, 0.2) is 16.6 Å². The second kappa shape index (κ2) is 13.1. The second-order valence-electron chi connectivity index (χ2n) is 8.79. The number of ether oxygens (including phenoxy) is 2. The number of amides is 1. The minimum atomic E-state index is -3.54. The van der Waals surface area contributed by atoms with E-state index in [0.717, 1.165) is 30.6 Å². The molecule has 4 rings (SSSR count). The van der Waals surface area contributed by atoms with Crippen molar-refractivity contribution in [1.29, 1.82) is 0 Å². The number of anilines is 1. The van der Waals surface area contributed by atoms with Gasteiger partial charge in [-0.3, -0.25) is 9.69 Å². The van der Waals surface area contributed by atoms with E-state index < -0.39 is 10.0 Å². The fourth-order valence-corrected chi connectivity index (χ4v) is 6.94. The summed E-state index contributed by atoms with van der Waals surface area (Å²) in [5.74, 6) is 0.943. The van der Waals surface area contributed by atoms with Crippen LogP contribution in [0.3, 0.4) is 0 Å². The molecule has 1 saturated heterocycles. The lowest BCUT2D eigenvalue weighted by molar-refractivity contribution is 0.0983. The third-order valence-corrected chi connectivity index (χ3v) is 9.65. The number of carbonyl (C=O) groups is 1. The lowest BCUT2D eigenvalue weighted by atomic mass is 10.2. The largest absolute Gasteiger partial charge is 0.493 e. The van der Waals surface area contributed by atoms with Gasteiger partial charge in [-0.15, -0.1) is 12.4 Å². The molecule has 1 aromatic heterocycles. The molecule has 0 N–H and O–H groups in total. The van der Waals surface area contributed by atoms with Crippen molar-refractivity contribution in [2.75, 3.05) is 58.4 Å². The van der Waals surface area contributed by atoms with Gasteiger partial charge in [0.1, 0.15) is 0 Å². The van der Waals surface area contributed by atoms with Crippen LogP contribution >= 0.6 is 23.7 Å². The molecular weight excluding hydrogens is 548 g/mol. The maximum atomic E-state index is 13.7. The standard InChI is InChI=1S/C26H34N4O5S2.ClH/c1-5-28(6-2)15-16-30(26-27-21-17-22(34-3)23(35-4)18-24(21)36-26)25(31)19-9-11-20(12-10-19)37(32,33)29-13-7-8-14-29;/h9-12,17-18H,5-8,13-16H2,1-4H3;1H. The van der Waals surface area contributed by atoms with Crippen LogP contribution in [0.5, 0.6) is 11.5 Å². The first-order valence-corrected chi connectivity index (χ1v) is 14.7. The van der Waals surface area contributed by atoms with Crippen LogP contribution in [0.1, 0.15) is 37.0 Å². The van der Waals surface area contributed by atoms with Crippen molar-refractivity contribution < 1.29 is 22.7 Å². The molecule has 1 aliphatic rings. The van der Waals surface area contributed by atoms with Crippen LogP contribution in [-0.4, -0.2) is 82.0 Å². The van der Waals surface area contributed by atoms with E-state index in [1.54, 1.807) is 37.3 Å². The minimum absolute atomic E-state index is 0. The molecule has 0 bridgehead atoms. The predicted octanol–water partition coefficient (Wildman–Crippen LogP) is 4.51. The van der Waals surface area contributed by atoms with Gasteiger partial charge in [0.25, 0.3) is 5.91 Å². The highest BCUT2D eigenvalue weighted by molar-refractivity contribution is 7.89. The van der Waals surface area contributed by atoms with Crippen molar-refractivity contribution in [3.8, 4) is 11.5 Å². The van der Waals surface area contributed by atoms with E-state index in [0.29, 0.717) is 53.9 Å². The van der Waals surface area contributed by atoms with E-state index in [-0.39, 0.29) is 23.2 Å². The molecule has 9 nitrogen and oxygen atoms in total. The quantitative estimate of drug-likeness (QED) is 0.328. The Morgan fingerprint density at radius 1 is 1.00 bits per heavy atom. The van der Waals surface area contributed by atoms with Crippen LogP contribution in [0.2, 0.25) is 0 Å². The van der Waals surface area contributed by atoms with E-state index >= 15 is 0 Å². The van der Waals surface area contributed by atoms with Crippen molar-refractivity contribution in [1.82, 2.24) is 14.2 Å². The molecule has 208 valence electrons. The van der Waals surface area contributed by atoms with Crippen LogP contribution in [0.15, 0.2) is 41.3 Å². The molecule has 1 aliphatic heterocycles. The lowest BCUT2D eigenvalue weighted by Crippen LogP contribution is -2.38. The highest BCUT2D eigenvalue weighted by Gasteiger charge is 2.28. The Labute approximate surface area is 234 Å². The molecule has 0 radical (unpaired) electrons. The molecular formula is C26H35ClN4O5S2. The Bertz CT molecular complexity index is 1300. The van der Waals surface area contributed by atoms with E-state index in [9.17, 15) is 13.2 Å². The Balaban J connectivity index is 0.00000400. The molecule has 2 aromatic carbocycles. The topological polar surface area (TPSA) is 92.3 Å². The van der Waals surface area contributed by atoms with Crippen LogP contribution in [-0.2, 0) is 10.0 Å². The number of sulfonamides is 1. The first kappa shape index (κ1) is 30.1. The molecule has 0 aliphatic carbocycles. The normalized spacial score (nSPS) is 14.0. The number of likely N-dealkylation sites (N-methyl/N-ethyl adjacent to an activating group) is 1. The van der Waals surface area contributed by atoms with Gasteiger partial charge in [0, 0.05) is 43.9 Å². The average Bonchev–Trinajstić information content (AvgIpc) is 3.60. The van der Waals surface area contributed by atoms with Gasteiger partial charge in [0.05, 0.1) is 29.3 Å². The first-order chi connectivity index (χ1) is 17.8. The molecule has 38 heavy (non-hydrogen) atoms. The molecule has 0 spiro atoms. The zero-order chi connectivity index (χ0) is 26.6. The van der Waals surface area contributed by atoms with Crippen LogP contribution in [0.25, 0.3) is 10.2 Å². The van der Waals surface area contributed by atoms with Crippen molar-refractivity contribution in [2.24, 2.45) is 0 Å². The van der Waals surface area contributed by atoms with Gasteiger partial charge in [-0.2, -0.15) is 4.31 Å². The second-order valence-corrected chi connectivity index (χ2v) is 11.7. The third kappa shape index (κ3) is 6.23. The van der Waals surface area contributed by atoms with E-state index in [2.05, 4.69) is 18.7 Å². The molecule has 1 amide bonds. The zero-order valence-electron chi connectivity index (χ0n) is 22.2. The molecule has 3 aromatic rings. The van der Waals surface area contributed by atoms with Crippen molar-refractivity contribution in [3.05, 3.63) is 42.0 Å². The van der Waals surface area contributed by atoms with Crippen molar-refractivity contribution in [2.45, 2.75) is 31.6 Å². The number of hydrogen-bond donors (Lipinski definition) is 0. The number of methoxy groups -OCH3 is 2. The van der Waals surface area contributed by atoms with Crippen molar-refractivity contribution in [3.63, 3.8) is 0 Å². The van der Waals surface area contributed by atoms with E-state index in [1.165, 1.54) is 27.8 Å². The smallest absolute Gasteiger partial charge is 0.260 e. The van der Waals surface area contributed by atoms with Crippen LogP contribution in [0.4, 0.5) is 5.13 Å². The number of aromatic nitrogens is 1. The summed E-state index contributed by atoms with van der Waals surface area (Å²) in [6.45, 7) is 8.12. The van der Waals surface area contributed by atoms with E-state index in [4.69, 9.17) is 14.5 Å². The molecule has 1 fully saturated rings. The molecule has 0 atom stereocenters. The van der Waals surface area contributed by atoms with Gasteiger partial charge in [0.2, 0.25) is 10.0 Å². The Morgan fingerprint density at radius 3 is 2.18 bits per heavy atom. The van der Waals surface area contributed by atoms with Crippen molar-refractivity contribution >= 4 is 55.0 Å². The van der Waals surface area contributed by atoms with Crippen LogP contribution in [0, 0.1) is 0 Å². The maximum Gasteiger partial charge on any atom is 0.260 e. The molecule has 0 unspecified atom stereocenters. The summed E-state index contributed by atoms with van der Waals surface area (Å²) in [6, 6.07) is 9.90. The lowest BCUT2D eigenvalue weighted by Gasteiger charge is -2.25. The molecule has 0 saturated carbocycles. The monoisotopic (exact) mass is 582 g/mol. The summed E-state index contributed by atoms with van der Waals surface area (Å²) in [6.07, 6.45) is 1.74. The third-order valence-electron chi connectivity index (χ3n) is 6.70. The molecule has 2 heterocycles. The Morgan fingerprint density at radius 2 is 1.61 bits per heavy atom. The average molecular weight is 583 g/mol. The van der Waals surface area contributed by atoms with Gasteiger partial charge in [-0.05, 0) is 50.2 Å². The summed E-state index contributed by atoms with van der Waals surface area (Å²) >= 11 is 1.41. The number of carbonyl (C=O) groups excluding carboxylic acids is 1.